The highest BCUT2D eigenvalue weighted by Crippen LogP contribution is 2.31. The molecular weight excluding hydrogens is 385 g/mol. The SMILES string of the molecule is Fc1cccc(CC(Cl)c2cc(Cl)ccc2I)c1. The topological polar surface area (TPSA) is 0 Å². The average Bonchev–Trinajstić information content (AvgIpc) is 2.32. The van der Waals surface area contributed by atoms with E-state index in [1.807, 2.05) is 24.3 Å². The first-order valence-corrected chi connectivity index (χ1v) is 7.29. The molecule has 0 aliphatic rings. The van der Waals surface area contributed by atoms with Gasteiger partial charge in [0, 0.05) is 8.59 Å². The van der Waals surface area contributed by atoms with Gasteiger partial charge in [-0.2, -0.15) is 0 Å². The van der Waals surface area contributed by atoms with Gasteiger partial charge in [-0.05, 0) is 70.5 Å². The first-order chi connectivity index (χ1) is 8.56. The van der Waals surface area contributed by atoms with Crippen LogP contribution in [0.1, 0.15) is 16.5 Å². The second kappa shape index (κ2) is 6.22. The summed E-state index contributed by atoms with van der Waals surface area (Å²) in [4.78, 5) is 0. The zero-order valence-electron chi connectivity index (χ0n) is 9.34. The third-order valence-corrected chi connectivity index (χ3v) is 4.21. The van der Waals surface area contributed by atoms with Crippen LogP contribution in [-0.2, 0) is 6.42 Å². The van der Waals surface area contributed by atoms with E-state index in [1.165, 1.54) is 12.1 Å². The van der Waals surface area contributed by atoms with Crippen LogP contribution < -0.4 is 0 Å². The molecule has 0 N–H and O–H groups in total. The predicted molar refractivity (Wildman–Crippen MR) is 82.9 cm³/mol. The van der Waals surface area contributed by atoms with Gasteiger partial charge in [-0.15, -0.1) is 11.6 Å². The van der Waals surface area contributed by atoms with Crippen LogP contribution in [-0.4, -0.2) is 0 Å². The number of hydrogen-bond acceptors (Lipinski definition) is 0. The minimum Gasteiger partial charge on any atom is -0.207 e. The van der Waals surface area contributed by atoms with Crippen LogP contribution in [0.3, 0.4) is 0 Å². The van der Waals surface area contributed by atoms with E-state index < -0.39 is 0 Å². The van der Waals surface area contributed by atoms with Gasteiger partial charge in [0.2, 0.25) is 0 Å². The molecule has 18 heavy (non-hydrogen) atoms. The number of halogens is 4. The quantitative estimate of drug-likeness (QED) is 0.469. The molecule has 0 amide bonds. The van der Waals surface area contributed by atoms with Crippen molar-refractivity contribution < 1.29 is 4.39 Å². The van der Waals surface area contributed by atoms with Crippen LogP contribution >= 0.6 is 45.8 Å². The molecule has 0 aromatic heterocycles. The third-order valence-electron chi connectivity index (χ3n) is 2.60. The fourth-order valence-electron chi connectivity index (χ4n) is 1.74. The lowest BCUT2D eigenvalue weighted by Gasteiger charge is -2.12. The number of rotatable bonds is 3. The summed E-state index contributed by atoms with van der Waals surface area (Å²) >= 11 is 14.6. The minimum absolute atomic E-state index is 0.211. The summed E-state index contributed by atoms with van der Waals surface area (Å²) in [5.41, 5.74) is 1.86. The van der Waals surface area contributed by atoms with Crippen LogP contribution in [0.25, 0.3) is 0 Å². The van der Waals surface area contributed by atoms with Crippen molar-refractivity contribution >= 4 is 45.8 Å². The molecule has 0 fully saturated rings. The lowest BCUT2D eigenvalue weighted by atomic mass is 10.0. The van der Waals surface area contributed by atoms with Crippen molar-refractivity contribution in [2.45, 2.75) is 11.8 Å². The molecule has 1 atom stereocenters. The van der Waals surface area contributed by atoms with Crippen molar-refractivity contribution in [3.05, 3.63) is 68.0 Å². The second-order valence-electron chi connectivity index (χ2n) is 3.97. The molecule has 94 valence electrons. The summed E-state index contributed by atoms with van der Waals surface area (Å²) in [6.45, 7) is 0. The maximum atomic E-state index is 13.1. The van der Waals surface area contributed by atoms with Gasteiger partial charge in [-0.25, -0.2) is 4.39 Å². The Hall–Kier alpha value is -0.320. The Labute approximate surface area is 129 Å². The normalized spacial score (nSPS) is 12.4. The Kier molecular flexibility index (Phi) is 4.87. The van der Waals surface area contributed by atoms with Crippen molar-refractivity contribution in [2.75, 3.05) is 0 Å². The molecule has 0 bridgehead atoms. The van der Waals surface area contributed by atoms with E-state index in [4.69, 9.17) is 23.2 Å². The molecule has 4 heteroatoms. The van der Waals surface area contributed by atoms with Gasteiger partial charge < -0.3 is 0 Å². The third kappa shape index (κ3) is 3.59. The zero-order valence-corrected chi connectivity index (χ0v) is 13.0. The van der Waals surface area contributed by atoms with E-state index in [1.54, 1.807) is 6.07 Å². The van der Waals surface area contributed by atoms with E-state index >= 15 is 0 Å². The molecule has 2 rings (SSSR count). The molecule has 0 nitrogen and oxygen atoms in total. The molecular formula is C14H10Cl2FI. The summed E-state index contributed by atoms with van der Waals surface area (Å²) in [6.07, 6.45) is 0.579. The monoisotopic (exact) mass is 394 g/mol. The molecule has 2 aromatic rings. The van der Waals surface area contributed by atoms with Gasteiger partial charge in [-0.3, -0.25) is 0 Å². The summed E-state index contributed by atoms with van der Waals surface area (Å²) in [6, 6.07) is 12.1. The highest BCUT2D eigenvalue weighted by molar-refractivity contribution is 14.1. The molecule has 0 saturated heterocycles. The van der Waals surface area contributed by atoms with Crippen LogP contribution in [0, 0.1) is 9.39 Å². The van der Waals surface area contributed by atoms with E-state index in [0.29, 0.717) is 11.4 Å². The molecule has 0 heterocycles. The van der Waals surface area contributed by atoms with Crippen molar-refractivity contribution in [1.82, 2.24) is 0 Å². The maximum Gasteiger partial charge on any atom is 0.123 e. The van der Waals surface area contributed by atoms with Crippen molar-refractivity contribution in [2.24, 2.45) is 0 Å². The standard InChI is InChI=1S/C14H10Cl2FI/c15-10-4-5-14(18)12(8-10)13(16)7-9-2-1-3-11(17)6-9/h1-6,8,13H,7H2. The van der Waals surface area contributed by atoms with Gasteiger partial charge in [-0.1, -0.05) is 23.7 Å². The van der Waals surface area contributed by atoms with Gasteiger partial charge in [0.15, 0.2) is 0 Å². The van der Waals surface area contributed by atoms with Gasteiger partial charge in [0.1, 0.15) is 5.82 Å². The summed E-state index contributed by atoms with van der Waals surface area (Å²) < 4.78 is 14.2. The first-order valence-electron chi connectivity index (χ1n) is 5.40. The lowest BCUT2D eigenvalue weighted by molar-refractivity contribution is 0.625. The minimum atomic E-state index is -0.239. The van der Waals surface area contributed by atoms with Crippen molar-refractivity contribution in [3.8, 4) is 0 Å². The molecule has 1 unspecified atom stereocenters. The van der Waals surface area contributed by atoms with Gasteiger partial charge in [0.25, 0.3) is 0 Å². The highest BCUT2D eigenvalue weighted by atomic mass is 127. The summed E-state index contributed by atoms with van der Waals surface area (Å²) in [5, 5.41) is 0.452. The fourth-order valence-corrected chi connectivity index (χ4v) is 3.17. The number of benzene rings is 2. The lowest BCUT2D eigenvalue weighted by Crippen LogP contribution is -1.99. The smallest absolute Gasteiger partial charge is 0.123 e. The van der Waals surface area contributed by atoms with Crippen LogP contribution in [0.2, 0.25) is 5.02 Å². The van der Waals surface area contributed by atoms with E-state index in [9.17, 15) is 4.39 Å². The molecule has 0 aliphatic carbocycles. The summed E-state index contributed by atoms with van der Waals surface area (Å²) in [7, 11) is 0. The Balaban J connectivity index is 2.21. The largest absolute Gasteiger partial charge is 0.207 e. The molecule has 0 radical (unpaired) electrons. The molecule has 0 saturated carbocycles. The Morgan fingerprint density at radius 3 is 2.67 bits per heavy atom. The Bertz CT molecular complexity index is 557. The van der Waals surface area contributed by atoms with Crippen LogP contribution in [0.4, 0.5) is 4.39 Å². The highest BCUT2D eigenvalue weighted by Gasteiger charge is 2.13. The molecule has 0 aliphatic heterocycles. The van der Waals surface area contributed by atoms with E-state index in [2.05, 4.69) is 22.6 Å². The van der Waals surface area contributed by atoms with Gasteiger partial charge in [0.05, 0.1) is 5.38 Å². The predicted octanol–water partition coefficient (Wildman–Crippen LogP) is 5.61. The summed E-state index contributed by atoms with van der Waals surface area (Å²) in [5.74, 6) is -0.239. The van der Waals surface area contributed by atoms with Crippen LogP contribution in [0.15, 0.2) is 42.5 Å². The van der Waals surface area contributed by atoms with Gasteiger partial charge >= 0.3 is 0 Å². The fraction of sp³-hybridized carbons (Fsp3) is 0.143. The Morgan fingerprint density at radius 2 is 1.94 bits per heavy atom. The molecule has 2 aromatic carbocycles. The zero-order chi connectivity index (χ0) is 13.1. The van der Waals surface area contributed by atoms with E-state index in [0.717, 1.165) is 14.7 Å². The molecule has 0 spiro atoms. The number of alkyl halides is 1. The second-order valence-corrected chi connectivity index (χ2v) is 6.09. The maximum absolute atomic E-state index is 13.1. The number of hydrogen-bond donors (Lipinski definition) is 0. The van der Waals surface area contributed by atoms with E-state index in [-0.39, 0.29) is 11.2 Å². The Morgan fingerprint density at radius 1 is 1.17 bits per heavy atom. The van der Waals surface area contributed by atoms with Crippen molar-refractivity contribution in [3.63, 3.8) is 0 Å². The van der Waals surface area contributed by atoms with Crippen LogP contribution in [0.5, 0.6) is 0 Å². The average molecular weight is 395 g/mol. The first kappa shape index (κ1) is 14.1. The van der Waals surface area contributed by atoms with Crippen molar-refractivity contribution in [1.29, 1.82) is 0 Å².